The first-order valence-corrected chi connectivity index (χ1v) is 6.88. The topological polar surface area (TPSA) is 66.8 Å². The first kappa shape index (κ1) is 12.8. The van der Waals surface area contributed by atoms with Crippen molar-refractivity contribution in [1.29, 1.82) is 0 Å². The number of anilines is 2. The Kier molecular flexibility index (Phi) is 3.45. The van der Waals surface area contributed by atoms with Gasteiger partial charge < -0.3 is 10.2 Å². The summed E-state index contributed by atoms with van der Waals surface area (Å²) in [6.45, 7) is 3.99. The van der Waals surface area contributed by atoms with Gasteiger partial charge in [-0.1, -0.05) is 0 Å². The molecule has 104 valence electrons. The Bertz CT molecular complexity index is 589. The van der Waals surface area contributed by atoms with Gasteiger partial charge in [0.25, 0.3) is 0 Å². The Balaban J connectivity index is 2.01. The van der Waals surface area contributed by atoms with Crippen molar-refractivity contribution in [3.63, 3.8) is 0 Å². The highest BCUT2D eigenvalue weighted by Gasteiger charge is 2.17. The highest BCUT2D eigenvalue weighted by Crippen LogP contribution is 2.21. The standard InChI is InChI=1S/C14H18N6/c1-10-5-6-11(9-16-10)12-17-13(15-2)19-14(18-12)20-7-3-4-8-20/h5-6,9H,3-4,7-8H2,1-2H3,(H,15,17,18,19). The van der Waals surface area contributed by atoms with Crippen molar-refractivity contribution < 1.29 is 0 Å². The molecule has 1 N–H and O–H groups in total. The Morgan fingerprint density at radius 1 is 1.10 bits per heavy atom. The third-order valence-electron chi connectivity index (χ3n) is 3.41. The van der Waals surface area contributed by atoms with Crippen LogP contribution in [-0.2, 0) is 0 Å². The van der Waals surface area contributed by atoms with Crippen molar-refractivity contribution >= 4 is 11.9 Å². The number of hydrogen-bond donors (Lipinski definition) is 1. The van der Waals surface area contributed by atoms with Gasteiger partial charge in [0.05, 0.1) is 0 Å². The molecule has 6 nitrogen and oxygen atoms in total. The summed E-state index contributed by atoms with van der Waals surface area (Å²) in [5.74, 6) is 2.01. The molecule has 20 heavy (non-hydrogen) atoms. The third-order valence-corrected chi connectivity index (χ3v) is 3.41. The molecular weight excluding hydrogens is 252 g/mol. The molecule has 0 bridgehead atoms. The van der Waals surface area contributed by atoms with E-state index in [1.54, 1.807) is 6.20 Å². The predicted octanol–water partition coefficient (Wildman–Crippen LogP) is 1.88. The molecule has 6 heteroatoms. The Morgan fingerprint density at radius 3 is 2.55 bits per heavy atom. The zero-order valence-corrected chi connectivity index (χ0v) is 11.8. The Labute approximate surface area is 118 Å². The maximum atomic E-state index is 4.59. The van der Waals surface area contributed by atoms with E-state index in [2.05, 4.69) is 30.2 Å². The van der Waals surface area contributed by atoms with Crippen LogP contribution in [0.15, 0.2) is 18.3 Å². The molecule has 0 radical (unpaired) electrons. The smallest absolute Gasteiger partial charge is 0.230 e. The lowest BCUT2D eigenvalue weighted by atomic mass is 10.2. The average Bonchev–Trinajstić information content (AvgIpc) is 3.02. The van der Waals surface area contributed by atoms with Gasteiger partial charge >= 0.3 is 0 Å². The van der Waals surface area contributed by atoms with E-state index in [1.165, 1.54) is 12.8 Å². The molecule has 0 spiro atoms. The summed E-state index contributed by atoms with van der Waals surface area (Å²) in [7, 11) is 1.82. The summed E-state index contributed by atoms with van der Waals surface area (Å²) in [5, 5.41) is 3.00. The molecule has 2 aromatic heterocycles. The zero-order chi connectivity index (χ0) is 13.9. The van der Waals surface area contributed by atoms with Crippen molar-refractivity contribution in [2.45, 2.75) is 19.8 Å². The van der Waals surface area contributed by atoms with Crippen molar-refractivity contribution in [3.8, 4) is 11.4 Å². The van der Waals surface area contributed by atoms with Gasteiger partial charge in [0.1, 0.15) is 0 Å². The van der Waals surface area contributed by atoms with Crippen LogP contribution in [0.3, 0.4) is 0 Å². The van der Waals surface area contributed by atoms with Crippen LogP contribution in [0, 0.1) is 6.92 Å². The Morgan fingerprint density at radius 2 is 1.90 bits per heavy atom. The van der Waals surface area contributed by atoms with E-state index in [0.29, 0.717) is 11.8 Å². The summed E-state index contributed by atoms with van der Waals surface area (Å²) >= 11 is 0. The van der Waals surface area contributed by atoms with Crippen LogP contribution in [0.2, 0.25) is 0 Å². The van der Waals surface area contributed by atoms with Crippen molar-refractivity contribution in [2.24, 2.45) is 0 Å². The van der Waals surface area contributed by atoms with Gasteiger partial charge in [0, 0.05) is 37.6 Å². The normalized spacial score (nSPS) is 14.6. The van der Waals surface area contributed by atoms with Gasteiger partial charge in [0.15, 0.2) is 5.82 Å². The second kappa shape index (κ2) is 5.40. The third kappa shape index (κ3) is 2.54. The summed E-state index contributed by atoms with van der Waals surface area (Å²) in [6, 6.07) is 3.96. The minimum atomic E-state index is 0.595. The lowest BCUT2D eigenvalue weighted by Crippen LogP contribution is -2.21. The van der Waals surface area contributed by atoms with Crippen LogP contribution in [0.25, 0.3) is 11.4 Å². The summed E-state index contributed by atoms with van der Waals surface area (Å²) in [5.41, 5.74) is 1.89. The molecule has 0 unspecified atom stereocenters. The number of aromatic nitrogens is 4. The lowest BCUT2D eigenvalue weighted by molar-refractivity contribution is 0.884. The van der Waals surface area contributed by atoms with Gasteiger partial charge in [0.2, 0.25) is 11.9 Å². The maximum absolute atomic E-state index is 4.59. The molecule has 0 aliphatic carbocycles. The van der Waals surface area contributed by atoms with Gasteiger partial charge in [-0.05, 0) is 31.9 Å². The SMILES string of the molecule is CNc1nc(-c2ccc(C)nc2)nc(N2CCCC2)n1. The molecule has 1 aliphatic rings. The van der Waals surface area contributed by atoms with Crippen molar-refractivity contribution in [2.75, 3.05) is 30.4 Å². The summed E-state index contributed by atoms with van der Waals surface area (Å²) < 4.78 is 0. The van der Waals surface area contributed by atoms with E-state index in [1.807, 2.05) is 26.1 Å². The molecular formula is C14H18N6. The van der Waals surface area contributed by atoms with E-state index < -0.39 is 0 Å². The van der Waals surface area contributed by atoms with E-state index in [4.69, 9.17) is 0 Å². The zero-order valence-electron chi connectivity index (χ0n) is 11.8. The number of rotatable bonds is 3. The molecule has 2 aromatic rings. The van der Waals surface area contributed by atoms with Crippen LogP contribution in [0.1, 0.15) is 18.5 Å². The highest BCUT2D eigenvalue weighted by atomic mass is 15.3. The predicted molar refractivity (Wildman–Crippen MR) is 78.8 cm³/mol. The van der Waals surface area contributed by atoms with E-state index in [-0.39, 0.29) is 0 Å². The second-order valence-electron chi connectivity index (χ2n) is 4.92. The second-order valence-corrected chi connectivity index (χ2v) is 4.92. The van der Waals surface area contributed by atoms with Gasteiger partial charge in [-0.2, -0.15) is 15.0 Å². The van der Waals surface area contributed by atoms with Gasteiger partial charge in [-0.3, -0.25) is 4.98 Å². The van der Waals surface area contributed by atoms with E-state index >= 15 is 0 Å². The van der Waals surface area contributed by atoms with Crippen LogP contribution < -0.4 is 10.2 Å². The van der Waals surface area contributed by atoms with Crippen molar-refractivity contribution in [3.05, 3.63) is 24.0 Å². The summed E-state index contributed by atoms with van der Waals surface area (Å²) in [4.78, 5) is 20.0. The number of nitrogens with one attached hydrogen (secondary N) is 1. The van der Waals surface area contributed by atoms with E-state index in [0.717, 1.165) is 30.3 Å². The molecule has 3 rings (SSSR count). The molecule has 0 amide bonds. The Hall–Kier alpha value is -2.24. The van der Waals surface area contributed by atoms with Crippen LogP contribution in [0.5, 0.6) is 0 Å². The van der Waals surface area contributed by atoms with Crippen LogP contribution in [-0.4, -0.2) is 40.1 Å². The van der Waals surface area contributed by atoms with Gasteiger partial charge in [-0.25, -0.2) is 0 Å². The minimum absolute atomic E-state index is 0.595. The van der Waals surface area contributed by atoms with Crippen molar-refractivity contribution in [1.82, 2.24) is 19.9 Å². The minimum Gasteiger partial charge on any atom is -0.357 e. The fourth-order valence-corrected chi connectivity index (χ4v) is 2.26. The quantitative estimate of drug-likeness (QED) is 0.918. The van der Waals surface area contributed by atoms with Gasteiger partial charge in [-0.15, -0.1) is 0 Å². The largest absolute Gasteiger partial charge is 0.357 e. The molecule has 0 saturated carbocycles. The highest BCUT2D eigenvalue weighted by molar-refractivity contribution is 5.57. The number of nitrogens with zero attached hydrogens (tertiary/aromatic N) is 5. The lowest BCUT2D eigenvalue weighted by Gasteiger charge is -2.16. The summed E-state index contributed by atoms with van der Waals surface area (Å²) in [6.07, 6.45) is 4.20. The van der Waals surface area contributed by atoms with Crippen LogP contribution >= 0.6 is 0 Å². The van der Waals surface area contributed by atoms with E-state index in [9.17, 15) is 0 Å². The first-order valence-electron chi connectivity index (χ1n) is 6.88. The first-order chi connectivity index (χ1) is 9.76. The monoisotopic (exact) mass is 270 g/mol. The maximum Gasteiger partial charge on any atom is 0.230 e. The number of hydrogen-bond acceptors (Lipinski definition) is 6. The number of pyridine rings is 1. The molecule has 0 aromatic carbocycles. The molecule has 1 fully saturated rings. The fourth-order valence-electron chi connectivity index (χ4n) is 2.26. The molecule has 3 heterocycles. The molecule has 1 aliphatic heterocycles. The fraction of sp³-hybridized carbons (Fsp3) is 0.429. The molecule has 1 saturated heterocycles. The average molecular weight is 270 g/mol. The molecule has 0 atom stereocenters. The van der Waals surface area contributed by atoms with Crippen LogP contribution in [0.4, 0.5) is 11.9 Å². The number of aryl methyl sites for hydroxylation is 1.